The molecule has 298 valence electrons. The van der Waals surface area contributed by atoms with Crippen molar-refractivity contribution in [3.8, 4) is 0 Å². The second-order valence-electron chi connectivity index (χ2n) is 12.1. The minimum absolute atomic E-state index is 0.0599. The second-order valence-corrected chi connectivity index (χ2v) is 12.1. The smallest absolute Gasteiger partial charge is 0.430 e. The molecule has 2 saturated heterocycles. The Bertz CT molecular complexity index is 1520. The van der Waals surface area contributed by atoms with Crippen LogP contribution in [0, 0.1) is 5.92 Å². The van der Waals surface area contributed by atoms with Crippen LogP contribution in [0.1, 0.15) is 56.2 Å². The first-order valence-electron chi connectivity index (χ1n) is 16.4. The van der Waals surface area contributed by atoms with Crippen molar-refractivity contribution < 1.29 is 70.1 Å². The van der Waals surface area contributed by atoms with Crippen molar-refractivity contribution in [3.63, 3.8) is 0 Å². The van der Waals surface area contributed by atoms with E-state index in [2.05, 4.69) is 10.6 Å². The van der Waals surface area contributed by atoms with E-state index in [1.54, 1.807) is 11.8 Å². The largest absolute Gasteiger partial charge is 0.542 e. The molecular formula is C34H39F6N5O9-2. The van der Waals surface area contributed by atoms with Crippen LogP contribution >= 0.6 is 0 Å². The van der Waals surface area contributed by atoms with Crippen LogP contribution in [0.3, 0.4) is 0 Å². The average molecular weight is 776 g/mol. The van der Waals surface area contributed by atoms with E-state index in [1.165, 1.54) is 0 Å². The highest BCUT2D eigenvalue weighted by Gasteiger charge is 2.48. The molecule has 54 heavy (non-hydrogen) atoms. The molecule has 14 nitrogen and oxygen atoms in total. The number of hydrogen-bond acceptors (Lipinski definition) is 11. The molecule has 5 atom stereocenters. The molecule has 2 aromatic rings. The standard InChI is InChI=1S/C30H39N5O5.2C2HF3O2/c1-2-23(32)28(37)34-27-21(18-40-25(36)17-31)13-14-22-15-16-24(35(22)30(27)39)29(38)33-26(19-9-5-3-6-10-19)20-11-7-4-8-12-20;2*3-2(4,5)1(6)7/h3-12,21-24,26-27H,2,13-18,31-32H2,1H3,(H,33,38)(H,34,37);2*(H,6,7)/p-2/t21-,22+,23+,24+,27+;;/m1../s1. The Morgan fingerprint density at radius 2 is 1.31 bits per heavy atom. The number of nitrogens with one attached hydrogen (secondary N) is 2. The quantitative estimate of drug-likeness (QED) is 0.185. The van der Waals surface area contributed by atoms with Crippen LogP contribution < -0.4 is 32.3 Å². The lowest BCUT2D eigenvalue weighted by Gasteiger charge is -2.33. The minimum atomic E-state index is -5.19. The topological polar surface area (TPSA) is 237 Å². The van der Waals surface area contributed by atoms with Gasteiger partial charge < -0.3 is 51.5 Å². The maximum absolute atomic E-state index is 14.1. The number of benzene rings is 2. The van der Waals surface area contributed by atoms with Crippen molar-refractivity contribution in [1.82, 2.24) is 15.5 Å². The molecule has 2 aromatic carbocycles. The lowest BCUT2D eigenvalue weighted by molar-refractivity contribution is -0.344. The number of fused-ring (bicyclic) bond motifs is 1. The van der Waals surface area contributed by atoms with Gasteiger partial charge in [-0.2, -0.15) is 26.3 Å². The molecule has 2 aliphatic rings. The van der Waals surface area contributed by atoms with Gasteiger partial charge >= 0.3 is 18.3 Å². The highest BCUT2D eigenvalue weighted by atomic mass is 19.4. The van der Waals surface area contributed by atoms with E-state index in [0.717, 1.165) is 11.1 Å². The number of alkyl halides is 6. The van der Waals surface area contributed by atoms with Crippen LogP contribution in [0.15, 0.2) is 60.7 Å². The lowest BCUT2D eigenvalue weighted by atomic mass is 9.93. The summed E-state index contributed by atoms with van der Waals surface area (Å²) in [5.41, 5.74) is 13.2. The summed E-state index contributed by atoms with van der Waals surface area (Å²) in [7, 11) is 0. The monoisotopic (exact) mass is 775 g/mol. The summed E-state index contributed by atoms with van der Waals surface area (Å²) in [5, 5.41) is 23.6. The Hall–Kier alpha value is -5.24. The third-order valence-corrected chi connectivity index (χ3v) is 8.38. The van der Waals surface area contributed by atoms with Crippen LogP contribution in [-0.2, 0) is 33.5 Å². The maximum atomic E-state index is 14.1. The zero-order valence-corrected chi connectivity index (χ0v) is 28.7. The predicted octanol–water partition coefficient (Wildman–Crippen LogP) is -0.0170. The van der Waals surface area contributed by atoms with Gasteiger partial charge in [0.15, 0.2) is 0 Å². The van der Waals surface area contributed by atoms with Gasteiger partial charge in [0.2, 0.25) is 17.7 Å². The third-order valence-electron chi connectivity index (χ3n) is 8.38. The Kier molecular flexibility index (Phi) is 16.9. The third kappa shape index (κ3) is 13.3. The lowest BCUT2D eigenvalue weighted by Crippen LogP contribution is -2.58. The summed E-state index contributed by atoms with van der Waals surface area (Å²) in [4.78, 5) is 71.7. The number of nitrogens with two attached hydrogens (primary N) is 2. The number of ether oxygens (including phenoxy) is 1. The van der Waals surface area contributed by atoms with Crippen molar-refractivity contribution in [2.75, 3.05) is 13.2 Å². The van der Waals surface area contributed by atoms with Crippen molar-refractivity contribution >= 4 is 35.6 Å². The number of carbonyl (C=O) groups excluding carboxylic acids is 6. The number of rotatable bonds is 10. The van der Waals surface area contributed by atoms with Crippen LogP contribution in [0.5, 0.6) is 0 Å². The zero-order valence-electron chi connectivity index (χ0n) is 28.7. The van der Waals surface area contributed by atoms with Crippen LogP contribution in [-0.4, -0.2) is 90.2 Å². The number of amides is 3. The summed E-state index contributed by atoms with van der Waals surface area (Å²) < 4.78 is 68.4. The fourth-order valence-electron chi connectivity index (χ4n) is 5.64. The number of esters is 1. The number of hydrogen-bond donors (Lipinski definition) is 4. The van der Waals surface area contributed by atoms with Gasteiger partial charge in [0, 0.05) is 12.0 Å². The number of halogens is 6. The molecule has 0 bridgehead atoms. The molecule has 0 aromatic heterocycles. The number of carboxylic acid groups (broad SMARTS) is 2. The maximum Gasteiger partial charge on any atom is 0.430 e. The summed E-state index contributed by atoms with van der Waals surface area (Å²) in [6.45, 7) is 1.45. The minimum Gasteiger partial charge on any atom is -0.542 e. The number of carbonyl (C=O) groups is 6. The highest BCUT2D eigenvalue weighted by Crippen LogP contribution is 2.35. The SMILES string of the molecule is CC[C@H](N)C(=O)N[C@@H]1C(=O)N2[C@@H](CC[C@@H]1COC(=O)CN)CC[C@H]2C(=O)NC(c1ccccc1)c1ccccc1.O=C([O-])C(F)(F)F.O=C([O-])C(F)(F)F. The van der Waals surface area contributed by atoms with Crippen molar-refractivity contribution in [2.45, 2.75) is 81.6 Å². The normalized spacial score (nSPS) is 20.1. The molecule has 0 radical (unpaired) electrons. The number of carboxylic acids is 2. The summed E-state index contributed by atoms with van der Waals surface area (Å²) in [5.74, 6) is -8.13. The van der Waals surface area contributed by atoms with E-state index in [0.29, 0.717) is 32.1 Å². The number of aliphatic carboxylic acids is 2. The fourth-order valence-corrected chi connectivity index (χ4v) is 5.64. The van der Waals surface area contributed by atoms with E-state index in [9.17, 15) is 45.5 Å². The molecule has 0 aliphatic carbocycles. The van der Waals surface area contributed by atoms with Gasteiger partial charge in [0.05, 0.1) is 25.2 Å². The summed E-state index contributed by atoms with van der Waals surface area (Å²) in [6.07, 6.45) is -7.66. The Balaban J connectivity index is 0.000000610. The van der Waals surface area contributed by atoms with Crippen molar-refractivity contribution in [3.05, 3.63) is 71.8 Å². The first-order chi connectivity index (χ1) is 25.2. The molecule has 2 fully saturated rings. The molecular weight excluding hydrogens is 736 g/mol. The van der Waals surface area contributed by atoms with Gasteiger partial charge in [0.1, 0.15) is 24.0 Å². The summed E-state index contributed by atoms with van der Waals surface area (Å²) >= 11 is 0. The predicted molar refractivity (Wildman–Crippen MR) is 172 cm³/mol. The van der Waals surface area contributed by atoms with E-state index in [-0.39, 0.29) is 31.0 Å². The highest BCUT2D eigenvalue weighted by molar-refractivity contribution is 5.94. The van der Waals surface area contributed by atoms with E-state index in [1.807, 2.05) is 60.7 Å². The zero-order chi connectivity index (χ0) is 40.8. The average Bonchev–Trinajstić information content (AvgIpc) is 3.51. The molecule has 2 heterocycles. The van der Waals surface area contributed by atoms with Crippen LogP contribution in [0.4, 0.5) is 26.3 Å². The Morgan fingerprint density at radius 1 is 0.852 bits per heavy atom. The van der Waals surface area contributed by atoms with Gasteiger partial charge in [-0.1, -0.05) is 67.6 Å². The second kappa shape index (κ2) is 20.3. The van der Waals surface area contributed by atoms with Gasteiger partial charge in [-0.25, -0.2) is 0 Å². The fraction of sp³-hybridized carbons (Fsp3) is 0.471. The molecule has 20 heteroatoms. The van der Waals surface area contributed by atoms with Gasteiger partial charge in [-0.15, -0.1) is 0 Å². The molecule has 6 N–H and O–H groups in total. The van der Waals surface area contributed by atoms with Crippen LogP contribution in [0.25, 0.3) is 0 Å². The van der Waals surface area contributed by atoms with E-state index in [4.69, 9.17) is 36.0 Å². The van der Waals surface area contributed by atoms with Gasteiger partial charge in [-0.3, -0.25) is 19.2 Å². The first-order valence-corrected chi connectivity index (χ1v) is 16.4. The molecule has 3 amide bonds. The first kappa shape index (κ1) is 44.9. The Labute approximate surface area is 305 Å². The molecule has 2 aliphatic heterocycles. The molecule has 0 unspecified atom stereocenters. The van der Waals surface area contributed by atoms with Gasteiger partial charge in [-0.05, 0) is 43.2 Å². The van der Waals surface area contributed by atoms with Crippen molar-refractivity contribution in [2.24, 2.45) is 17.4 Å². The summed E-state index contributed by atoms with van der Waals surface area (Å²) in [6, 6.07) is 16.4. The molecule has 0 spiro atoms. The molecule has 0 saturated carbocycles. The van der Waals surface area contributed by atoms with E-state index < -0.39 is 66.3 Å². The van der Waals surface area contributed by atoms with E-state index >= 15 is 0 Å². The Morgan fingerprint density at radius 3 is 1.74 bits per heavy atom. The van der Waals surface area contributed by atoms with Crippen molar-refractivity contribution in [1.29, 1.82) is 0 Å². The number of nitrogens with zero attached hydrogens (tertiary/aromatic N) is 1. The molecule has 4 rings (SSSR count). The van der Waals surface area contributed by atoms with Gasteiger partial charge in [0.25, 0.3) is 0 Å². The van der Waals surface area contributed by atoms with Crippen LogP contribution in [0.2, 0.25) is 0 Å².